The van der Waals surface area contributed by atoms with Crippen LogP contribution in [0.4, 0.5) is 5.69 Å². The third-order valence-electron chi connectivity index (χ3n) is 3.08. The van der Waals surface area contributed by atoms with Crippen LogP contribution in [0.5, 0.6) is 0 Å². The minimum Gasteiger partial charge on any atom is -0.468 e. The topological polar surface area (TPSA) is 38.8 Å². The number of nitrogens with zero attached hydrogens (tertiary/aromatic N) is 1. The highest BCUT2D eigenvalue weighted by Crippen LogP contribution is 2.27. The highest BCUT2D eigenvalue weighted by atomic mass is 16.5. The van der Waals surface area contributed by atoms with Crippen LogP contribution >= 0.6 is 0 Å². The van der Waals surface area contributed by atoms with E-state index < -0.39 is 0 Å². The van der Waals surface area contributed by atoms with Gasteiger partial charge in [-0.15, -0.1) is 0 Å². The van der Waals surface area contributed by atoms with E-state index in [4.69, 9.17) is 9.47 Å². The van der Waals surface area contributed by atoms with Gasteiger partial charge >= 0.3 is 5.97 Å². The SMILES string of the molecule is COC(=O)CN1C[C@H](OC)Cc2ccccc21. The van der Waals surface area contributed by atoms with Gasteiger partial charge in [-0.05, 0) is 11.6 Å². The van der Waals surface area contributed by atoms with Gasteiger partial charge in [0.1, 0.15) is 6.54 Å². The average molecular weight is 235 g/mol. The molecule has 1 aromatic rings. The van der Waals surface area contributed by atoms with Gasteiger partial charge in [0.25, 0.3) is 0 Å². The molecule has 0 aliphatic carbocycles. The van der Waals surface area contributed by atoms with Crippen molar-refractivity contribution >= 4 is 11.7 Å². The number of methoxy groups -OCH3 is 2. The molecule has 0 spiro atoms. The van der Waals surface area contributed by atoms with E-state index in [9.17, 15) is 4.79 Å². The third kappa shape index (κ3) is 2.58. The molecule has 4 heteroatoms. The van der Waals surface area contributed by atoms with E-state index in [1.165, 1.54) is 12.7 Å². The summed E-state index contributed by atoms with van der Waals surface area (Å²) in [6, 6.07) is 8.10. The van der Waals surface area contributed by atoms with Crippen LogP contribution in [-0.4, -0.2) is 39.4 Å². The van der Waals surface area contributed by atoms with Crippen LogP contribution in [0.3, 0.4) is 0 Å². The zero-order valence-corrected chi connectivity index (χ0v) is 10.2. The lowest BCUT2D eigenvalue weighted by Crippen LogP contribution is -2.42. The number of rotatable bonds is 3. The lowest BCUT2D eigenvalue weighted by molar-refractivity contribution is -0.139. The molecule has 0 radical (unpaired) electrons. The fraction of sp³-hybridized carbons (Fsp3) is 0.462. The molecule has 4 nitrogen and oxygen atoms in total. The van der Waals surface area contributed by atoms with Crippen molar-refractivity contribution in [2.75, 3.05) is 32.2 Å². The predicted molar refractivity (Wildman–Crippen MR) is 65.2 cm³/mol. The highest BCUT2D eigenvalue weighted by Gasteiger charge is 2.25. The Morgan fingerprint density at radius 3 is 2.88 bits per heavy atom. The standard InChI is InChI=1S/C13H17NO3/c1-16-11-7-10-5-3-4-6-12(10)14(8-11)9-13(15)17-2/h3-6,11H,7-9H2,1-2H3/t11-/m1/s1. The highest BCUT2D eigenvalue weighted by molar-refractivity contribution is 5.76. The maximum absolute atomic E-state index is 11.4. The quantitative estimate of drug-likeness (QED) is 0.739. The Kier molecular flexibility index (Phi) is 3.64. The average Bonchev–Trinajstić information content (AvgIpc) is 2.38. The molecule has 0 amide bonds. The number of ether oxygens (including phenoxy) is 2. The molecule has 1 aliphatic rings. The summed E-state index contributed by atoms with van der Waals surface area (Å²) in [5, 5.41) is 0. The third-order valence-corrected chi connectivity index (χ3v) is 3.08. The Bertz CT molecular complexity index is 405. The van der Waals surface area contributed by atoms with Crippen LogP contribution in [0.1, 0.15) is 5.56 Å². The molecule has 2 rings (SSSR count). The van der Waals surface area contributed by atoms with Crippen LogP contribution in [0.25, 0.3) is 0 Å². The Morgan fingerprint density at radius 1 is 1.41 bits per heavy atom. The van der Waals surface area contributed by atoms with Crippen LogP contribution in [0.15, 0.2) is 24.3 Å². The number of anilines is 1. The molecule has 0 saturated carbocycles. The largest absolute Gasteiger partial charge is 0.468 e. The Labute approximate surface area is 101 Å². The van der Waals surface area contributed by atoms with E-state index in [1.54, 1.807) is 7.11 Å². The van der Waals surface area contributed by atoms with Crippen LogP contribution in [-0.2, 0) is 20.7 Å². The summed E-state index contributed by atoms with van der Waals surface area (Å²) in [5.41, 5.74) is 2.32. The lowest BCUT2D eigenvalue weighted by Gasteiger charge is -2.34. The van der Waals surface area contributed by atoms with Crippen molar-refractivity contribution in [2.24, 2.45) is 0 Å². The van der Waals surface area contributed by atoms with Gasteiger partial charge in [-0.25, -0.2) is 0 Å². The number of carbonyl (C=O) groups is 1. The predicted octanol–water partition coefficient (Wildman–Crippen LogP) is 1.24. The van der Waals surface area contributed by atoms with E-state index in [0.29, 0.717) is 0 Å². The second-order valence-electron chi connectivity index (χ2n) is 4.15. The first-order valence-electron chi connectivity index (χ1n) is 5.67. The number of para-hydroxylation sites is 1. The summed E-state index contributed by atoms with van der Waals surface area (Å²) in [7, 11) is 3.11. The summed E-state index contributed by atoms with van der Waals surface area (Å²) in [5.74, 6) is -0.225. The first-order chi connectivity index (χ1) is 8.24. The molecular formula is C13H17NO3. The van der Waals surface area contributed by atoms with Gasteiger partial charge in [0, 0.05) is 25.8 Å². The normalized spacial score (nSPS) is 18.7. The molecule has 1 aromatic carbocycles. The van der Waals surface area contributed by atoms with Crippen molar-refractivity contribution in [1.82, 2.24) is 0 Å². The molecule has 0 bridgehead atoms. The molecule has 1 heterocycles. The van der Waals surface area contributed by atoms with E-state index in [0.717, 1.165) is 18.7 Å². The molecule has 0 saturated heterocycles. The van der Waals surface area contributed by atoms with Gasteiger partial charge in [-0.1, -0.05) is 18.2 Å². The van der Waals surface area contributed by atoms with Gasteiger partial charge < -0.3 is 14.4 Å². The van der Waals surface area contributed by atoms with Gasteiger partial charge in [0.05, 0.1) is 13.2 Å². The number of fused-ring (bicyclic) bond motifs is 1. The molecular weight excluding hydrogens is 218 g/mol. The number of hydrogen-bond donors (Lipinski definition) is 0. The Balaban J connectivity index is 2.22. The second-order valence-corrected chi connectivity index (χ2v) is 4.15. The van der Waals surface area contributed by atoms with Crippen LogP contribution in [0.2, 0.25) is 0 Å². The number of esters is 1. The fourth-order valence-electron chi connectivity index (χ4n) is 2.17. The van der Waals surface area contributed by atoms with Crippen LogP contribution in [0, 0.1) is 0 Å². The van der Waals surface area contributed by atoms with Crippen molar-refractivity contribution in [3.63, 3.8) is 0 Å². The fourth-order valence-corrected chi connectivity index (χ4v) is 2.17. The summed E-state index contributed by atoms with van der Waals surface area (Å²) in [6.45, 7) is 0.996. The van der Waals surface area contributed by atoms with E-state index >= 15 is 0 Å². The zero-order chi connectivity index (χ0) is 12.3. The van der Waals surface area contributed by atoms with Gasteiger partial charge in [-0.2, -0.15) is 0 Å². The summed E-state index contributed by atoms with van der Waals surface area (Å²) in [6.07, 6.45) is 1.03. The van der Waals surface area contributed by atoms with E-state index in [2.05, 4.69) is 6.07 Å². The van der Waals surface area contributed by atoms with Crippen molar-refractivity contribution in [2.45, 2.75) is 12.5 Å². The molecule has 0 N–H and O–H groups in total. The number of benzene rings is 1. The van der Waals surface area contributed by atoms with E-state index in [-0.39, 0.29) is 18.6 Å². The molecule has 0 fully saturated rings. The summed E-state index contributed by atoms with van der Waals surface area (Å²) < 4.78 is 10.1. The van der Waals surface area contributed by atoms with Crippen molar-refractivity contribution in [1.29, 1.82) is 0 Å². The van der Waals surface area contributed by atoms with Crippen molar-refractivity contribution in [3.8, 4) is 0 Å². The zero-order valence-electron chi connectivity index (χ0n) is 10.2. The number of carbonyl (C=O) groups excluding carboxylic acids is 1. The van der Waals surface area contributed by atoms with E-state index in [1.807, 2.05) is 23.1 Å². The number of hydrogen-bond acceptors (Lipinski definition) is 4. The monoisotopic (exact) mass is 235 g/mol. The Morgan fingerprint density at radius 2 is 2.18 bits per heavy atom. The minimum absolute atomic E-state index is 0.134. The maximum atomic E-state index is 11.4. The first kappa shape index (κ1) is 11.9. The van der Waals surface area contributed by atoms with Crippen LogP contribution < -0.4 is 4.90 Å². The second kappa shape index (κ2) is 5.19. The van der Waals surface area contributed by atoms with Crippen molar-refractivity contribution < 1.29 is 14.3 Å². The molecule has 92 valence electrons. The summed E-state index contributed by atoms with van der Waals surface area (Å²) >= 11 is 0. The molecule has 0 aromatic heterocycles. The minimum atomic E-state index is -0.225. The smallest absolute Gasteiger partial charge is 0.325 e. The summed E-state index contributed by atoms with van der Waals surface area (Å²) in [4.78, 5) is 13.4. The van der Waals surface area contributed by atoms with Crippen molar-refractivity contribution in [3.05, 3.63) is 29.8 Å². The lowest BCUT2D eigenvalue weighted by atomic mass is 9.99. The Hall–Kier alpha value is -1.55. The van der Waals surface area contributed by atoms with Gasteiger partial charge in [0.2, 0.25) is 0 Å². The van der Waals surface area contributed by atoms with Gasteiger partial charge in [-0.3, -0.25) is 4.79 Å². The van der Waals surface area contributed by atoms with Gasteiger partial charge in [0.15, 0.2) is 0 Å². The molecule has 0 unspecified atom stereocenters. The molecule has 1 aliphatic heterocycles. The molecule has 17 heavy (non-hydrogen) atoms. The maximum Gasteiger partial charge on any atom is 0.325 e. The molecule has 1 atom stereocenters. The first-order valence-corrected chi connectivity index (χ1v) is 5.67.